The quantitative estimate of drug-likeness (QED) is 0.649. The largest absolute Gasteiger partial charge is 0.294 e. The average Bonchev–Trinajstić information content (AvgIpc) is 2.58. The molecule has 0 amide bonds. The van der Waals surface area contributed by atoms with E-state index in [1.165, 1.54) is 24.0 Å². The molecule has 0 radical (unpaired) electrons. The molecule has 0 fully saturated rings. The highest BCUT2D eigenvalue weighted by atomic mass is 16.1. The van der Waals surface area contributed by atoms with Gasteiger partial charge < -0.3 is 0 Å². The summed E-state index contributed by atoms with van der Waals surface area (Å²) < 4.78 is 0. The first-order valence-corrected chi connectivity index (χ1v) is 6.07. The molecule has 1 aromatic carbocycles. The average molecular weight is 216 g/mol. The van der Waals surface area contributed by atoms with Crippen molar-refractivity contribution in [2.45, 2.75) is 46.5 Å². The van der Waals surface area contributed by atoms with Crippen LogP contribution in [0, 0.1) is 5.41 Å². The van der Waals surface area contributed by atoms with Gasteiger partial charge in [-0.3, -0.25) is 4.79 Å². The Balaban J connectivity index is 2.39. The highest BCUT2D eigenvalue weighted by molar-refractivity contribution is 6.00. The highest BCUT2D eigenvalue weighted by Crippen LogP contribution is 2.34. The van der Waals surface area contributed by atoms with Crippen LogP contribution in [0.5, 0.6) is 0 Å². The first-order chi connectivity index (χ1) is 7.39. The van der Waals surface area contributed by atoms with Crippen LogP contribution in [0.2, 0.25) is 0 Å². The molecule has 2 rings (SSSR count). The van der Waals surface area contributed by atoms with E-state index in [0.29, 0.717) is 5.92 Å². The normalized spacial score (nSPS) is 19.6. The third kappa shape index (κ3) is 1.91. The number of Topliss-reactive ketones (excluding diaryl/α,β-unsaturated/α-hetero) is 1. The molecule has 1 unspecified atom stereocenters. The second-order valence-electron chi connectivity index (χ2n) is 5.93. The summed E-state index contributed by atoms with van der Waals surface area (Å²) in [6.07, 6.45) is 2.39. The molecule has 0 N–H and O–H groups in total. The minimum Gasteiger partial charge on any atom is -0.294 e. The van der Waals surface area contributed by atoms with Crippen molar-refractivity contribution in [3.05, 3.63) is 34.9 Å². The van der Waals surface area contributed by atoms with Gasteiger partial charge in [0.2, 0.25) is 0 Å². The van der Waals surface area contributed by atoms with Gasteiger partial charge in [-0.05, 0) is 36.0 Å². The zero-order chi connectivity index (χ0) is 11.9. The minimum absolute atomic E-state index is 0.245. The lowest BCUT2D eigenvalue weighted by atomic mass is 9.85. The van der Waals surface area contributed by atoms with Gasteiger partial charge in [0.05, 0.1) is 0 Å². The van der Waals surface area contributed by atoms with E-state index in [4.69, 9.17) is 0 Å². The van der Waals surface area contributed by atoms with Crippen molar-refractivity contribution in [2.75, 3.05) is 0 Å². The lowest BCUT2D eigenvalue weighted by Crippen LogP contribution is -2.20. The summed E-state index contributed by atoms with van der Waals surface area (Å²) in [5.41, 5.74) is 3.41. The summed E-state index contributed by atoms with van der Waals surface area (Å²) in [7, 11) is 0. The summed E-state index contributed by atoms with van der Waals surface area (Å²) in [5.74, 6) is 0.858. The standard InChI is InChI=1S/C15H20O/c1-10-5-6-11-7-8-12(9-13(10)11)14(16)15(2,3)4/h7-10H,5-6H2,1-4H3. The van der Waals surface area contributed by atoms with Crippen LogP contribution in [0.3, 0.4) is 0 Å². The van der Waals surface area contributed by atoms with Crippen LogP contribution in [0.25, 0.3) is 0 Å². The van der Waals surface area contributed by atoms with E-state index in [1.54, 1.807) is 0 Å². The zero-order valence-corrected chi connectivity index (χ0v) is 10.6. The van der Waals surface area contributed by atoms with Crippen molar-refractivity contribution in [1.82, 2.24) is 0 Å². The minimum atomic E-state index is -0.282. The summed E-state index contributed by atoms with van der Waals surface area (Å²) >= 11 is 0. The fraction of sp³-hybridized carbons (Fsp3) is 0.533. The first kappa shape index (κ1) is 11.4. The molecule has 0 bridgehead atoms. The third-order valence-corrected chi connectivity index (χ3v) is 3.47. The first-order valence-electron chi connectivity index (χ1n) is 6.07. The summed E-state index contributed by atoms with van der Waals surface area (Å²) in [6.45, 7) is 8.18. The van der Waals surface area contributed by atoms with Crippen molar-refractivity contribution in [2.24, 2.45) is 5.41 Å². The van der Waals surface area contributed by atoms with Crippen LogP contribution < -0.4 is 0 Å². The Morgan fingerprint density at radius 2 is 2.00 bits per heavy atom. The Kier molecular flexibility index (Phi) is 2.65. The molecule has 86 valence electrons. The monoisotopic (exact) mass is 216 g/mol. The van der Waals surface area contributed by atoms with Crippen molar-refractivity contribution < 1.29 is 4.79 Å². The van der Waals surface area contributed by atoms with Crippen molar-refractivity contribution in [3.63, 3.8) is 0 Å². The van der Waals surface area contributed by atoms with E-state index in [0.717, 1.165) is 5.56 Å². The molecule has 0 aliphatic heterocycles. The second-order valence-corrected chi connectivity index (χ2v) is 5.93. The molecule has 0 saturated heterocycles. The zero-order valence-electron chi connectivity index (χ0n) is 10.6. The fourth-order valence-corrected chi connectivity index (χ4v) is 2.38. The molecule has 1 aliphatic rings. The van der Waals surface area contributed by atoms with Crippen molar-refractivity contribution >= 4 is 5.78 Å². The Bertz CT molecular complexity index is 424. The van der Waals surface area contributed by atoms with Gasteiger partial charge in [0.15, 0.2) is 5.78 Å². The van der Waals surface area contributed by atoms with Gasteiger partial charge in [-0.15, -0.1) is 0 Å². The number of hydrogen-bond acceptors (Lipinski definition) is 1. The van der Waals surface area contributed by atoms with Crippen LogP contribution in [0.1, 0.15) is 61.5 Å². The van der Waals surface area contributed by atoms with E-state index in [2.05, 4.69) is 19.1 Å². The molecular formula is C15H20O. The van der Waals surface area contributed by atoms with Gasteiger partial charge in [-0.2, -0.15) is 0 Å². The van der Waals surface area contributed by atoms with E-state index in [-0.39, 0.29) is 11.2 Å². The Labute approximate surface area is 97.9 Å². The second kappa shape index (κ2) is 3.73. The molecule has 1 atom stereocenters. The molecule has 0 saturated carbocycles. The number of aryl methyl sites for hydroxylation is 1. The Morgan fingerprint density at radius 1 is 1.31 bits per heavy atom. The maximum absolute atomic E-state index is 12.2. The predicted molar refractivity (Wildman–Crippen MR) is 67.0 cm³/mol. The number of rotatable bonds is 1. The van der Waals surface area contributed by atoms with Gasteiger partial charge in [-0.25, -0.2) is 0 Å². The van der Waals surface area contributed by atoms with E-state index in [1.807, 2.05) is 26.8 Å². The summed E-state index contributed by atoms with van der Waals surface area (Å²) in [5, 5.41) is 0. The number of carbonyl (C=O) groups excluding carboxylic acids is 1. The molecular weight excluding hydrogens is 196 g/mol. The molecule has 16 heavy (non-hydrogen) atoms. The number of fused-ring (bicyclic) bond motifs is 1. The molecule has 0 heterocycles. The molecule has 1 aliphatic carbocycles. The van der Waals surface area contributed by atoms with Crippen LogP contribution in [0.4, 0.5) is 0 Å². The van der Waals surface area contributed by atoms with E-state index in [9.17, 15) is 4.79 Å². The van der Waals surface area contributed by atoms with Crippen LogP contribution in [-0.4, -0.2) is 5.78 Å². The maximum atomic E-state index is 12.2. The van der Waals surface area contributed by atoms with Crippen molar-refractivity contribution in [3.8, 4) is 0 Å². The lowest BCUT2D eigenvalue weighted by molar-refractivity contribution is 0.0858. The number of carbonyl (C=O) groups is 1. The predicted octanol–water partition coefficient (Wildman–Crippen LogP) is 3.97. The van der Waals surface area contributed by atoms with Crippen molar-refractivity contribution in [1.29, 1.82) is 0 Å². The fourth-order valence-electron chi connectivity index (χ4n) is 2.38. The number of benzene rings is 1. The maximum Gasteiger partial charge on any atom is 0.168 e. The summed E-state index contributed by atoms with van der Waals surface area (Å²) in [4.78, 5) is 12.2. The molecule has 0 spiro atoms. The van der Waals surface area contributed by atoms with Gasteiger partial charge in [0.1, 0.15) is 0 Å². The van der Waals surface area contributed by atoms with E-state index >= 15 is 0 Å². The Hall–Kier alpha value is -1.11. The van der Waals surface area contributed by atoms with Gasteiger partial charge in [-0.1, -0.05) is 39.8 Å². The van der Waals surface area contributed by atoms with Gasteiger partial charge in [0, 0.05) is 11.0 Å². The highest BCUT2D eigenvalue weighted by Gasteiger charge is 2.25. The van der Waals surface area contributed by atoms with Gasteiger partial charge in [0.25, 0.3) is 0 Å². The Morgan fingerprint density at radius 3 is 2.62 bits per heavy atom. The number of ketones is 1. The SMILES string of the molecule is CC1CCc2ccc(C(=O)C(C)(C)C)cc21. The third-order valence-electron chi connectivity index (χ3n) is 3.47. The lowest BCUT2D eigenvalue weighted by Gasteiger charge is -2.17. The topological polar surface area (TPSA) is 17.1 Å². The van der Waals surface area contributed by atoms with Gasteiger partial charge >= 0.3 is 0 Å². The molecule has 1 heteroatoms. The number of hydrogen-bond donors (Lipinski definition) is 0. The summed E-state index contributed by atoms with van der Waals surface area (Å²) in [6, 6.07) is 6.24. The smallest absolute Gasteiger partial charge is 0.168 e. The molecule has 0 aromatic heterocycles. The van der Waals surface area contributed by atoms with Crippen LogP contribution in [0.15, 0.2) is 18.2 Å². The molecule has 1 nitrogen and oxygen atoms in total. The van der Waals surface area contributed by atoms with Crippen LogP contribution in [-0.2, 0) is 6.42 Å². The van der Waals surface area contributed by atoms with Crippen LogP contribution >= 0.6 is 0 Å². The van der Waals surface area contributed by atoms with E-state index < -0.39 is 0 Å². The molecule has 1 aromatic rings.